The van der Waals surface area contributed by atoms with Crippen molar-refractivity contribution < 1.29 is 41.6 Å². The number of aliphatic imine (C=N–C) groups is 1. The molecule has 1 saturated carbocycles. The molecule has 3 nitrogen and oxygen atoms in total. The summed E-state index contributed by atoms with van der Waals surface area (Å²) in [6.45, 7) is 10.9. The van der Waals surface area contributed by atoms with Crippen LogP contribution in [0.2, 0.25) is 0 Å². The number of hydrogen-bond acceptors (Lipinski definition) is 3. The fraction of sp³-hybridized carbons (Fsp3) is 0.519. The van der Waals surface area contributed by atoms with Gasteiger partial charge in [-0.15, -0.1) is 0 Å². The van der Waals surface area contributed by atoms with Gasteiger partial charge in [0.25, 0.3) is 0 Å². The van der Waals surface area contributed by atoms with E-state index in [1.807, 2.05) is 25.1 Å². The van der Waals surface area contributed by atoms with Crippen LogP contribution in [0.25, 0.3) is 0 Å². The molecule has 1 N–H and O–H groups in total. The van der Waals surface area contributed by atoms with Crippen molar-refractivity contribution in [3.8, 4) is 0 Å². The number of aromatic nitrogens is 1. The minimum atomic E-state index is 0. The Bertz CT molecular complexity index is 893. The van der Waals surface area contributed by atoms with Crippen LogP contribution in [0, 0.1) is 11.3 Å². The van der Waals surface area contributed by atoms with Crippen LogP contribution in [-0.2, 0) is 16.8 Å². The summed E-state index contributed by atoms with van der Waals surface area (Å²) >= 11 is 0. The second kappa shape index (κ2) is 14.9. The fourth-order valence-electron chi connectivity index (χ4n) is 4.45. The molecule has 0 atom stereocenters. The maximum atomic E-state index is 8.60. The van der Waals surface area contributed by atoms with Gasteiger partial charge in [0.1, 0.15) is 0 Å². The van der Waals surface area contributed by atoms with E-state index < -0.39 is 0 Å². The van der Waals surface area contributed by atoms with Crippen LogP contribution in [0.4, 0.5) is 5.69 Å². The summed E-state index contributed by atoms with van der Waals surface area (Å²) in [5, 5.41) is 8.60. The zero-order valence-corrected chi connectivity index (χ0v) is 23.0. The summed E-state index contributed by atoms with van der Waals surface area (Å²) < 4.78 is 0. The number of halogens is 2. The summed E-state index contributed by atoms with van der Waals surface area (Å²) in [6.07, 6.45) is 7.33. The maximum absolute atomic E-state index is 8.60. The average molecular weight is 533 g/mol. The van der Waals surface area contributed by atoms with E-state index in [0.717, 1.165) is 29.2 Å². The third kappa shape index (κ3) is 8.51. The largest absolute Gasteiger partial charge is 2.00 e. The molecule has 0 spiro atoms. The summed E-state index contributed by atoms with van der Waals surface area (Å²) in [5.41, 5.74) is 6.90. The fourth-order valence-corrected chi connectivity index (χ4v) is 4.45. The molecular formula is C27H37Cl2CoN3. The smallest absolute Gasteiger partial charge is 1.00 e. The number of pyridine rings is 1. The van der Waals surface area contributed by atoms with Gasteiger partial charge in [-0.05, 0) is 54.4 Å². The van der Waals surface area contributed by atoms with Crippen LogP contribution >= 0.6 is 0 Å². The van der Waals surface area contributed by atoms with Crippen LogP contribution < -0.4 is 24.8 Å². The van der Waals surface area contributed by atoms with Crippen molar-refractivity contribution in [1.29, 1.82) is 5.41 Å². The zero-order valence-electron chi connectivity index (χ0n) is 20.4. The Kier molecular flexibility index (Phi) is 14.4. The Morgan fingerprint density at radius 2 is 1.42 bits per heavy atom. The molecule has 0 unspecified atom stereocenters. The molecule has 183 valence electrons. The van der Waals surface area contributed by atoms with Gasteiger partial charge in [-0.25, -0.2) is 4.98 Å². The Balaban J connectivity index is 0.00000341. The van der Waals surface area contributed by atoms with Crippen LogP contribution in [-0.4, -0.2) is 16.4 Å². The predicted molar refractivity (Wildman–Crippen MR) is 129 cm³/mol. The molecule has 3 rings (SSSR count). The first-order chi connectivity index (χ1) is 14.4. The van der Waals surface area contributed by atoms with Crippen LogP contribution in [0.3, 0.4) is 0 Å². The topological polar surface area (TPSA) is 49.1 Å². The van der Waals surface area contributed by atoms with Gasteiger partial charge in [-0.3, -0.25) is 4.99 Å². The summed E-state index contributed by atoms with van der Waals surface area (Å²) in [4.78, 5) is 9.90. The molecule has 0 saturated heterocycles. The molecule has 1 aliphatic rings. The van der Waals surface area contributed by atoms with E-state index in [1.54, 1.807) is 0 Å². The van der Waals surface area contributed by atoms with Crippen molar-refractivity contribution in [1.82, 2.24) is 4.98 Å². The summed E-state index contributed by atoms with van der Waals surface area (Å²) in [5.74, 6) is 1.48. The second-order valence-electron chi connectivity index (χ2n) is 9.39. The van der Waals surface area contributed by atoms with Crippen molar-refractivity contribution in [2.24, 2.45) is 10.9 Å². The first kappa shape index (κ1) is 31.8. The van der Waals surface area contributed by atoms with E-state index in [-0.39, 0.29) is 41.6 Å². The second-order valence-corrected chi connectivity index (χ2v) is 9.39. The molecule has 0 bridgehead atoms. The van der Waals surface area contributed by atoms with Gasteiger partial charge in [0.05, 0.1) is 28.5 Å². The molecule has 33 heavy (non-hydrogen) atoms. The van der Waals surface area contributed by atoms with Crippen molar-refractivity contribution in [3.05, 3.63) is 58.9 Å². The van der Waals surface area contributed by atoms with E-state index in [2.05, 4.69) is 45.9 Å². The quantitative estimate of drug-likeness (QED) is 0.543. The first-order valence-electron chi connectivity index (χ1n) is 11.6. The van der Waals surface area contributed by atoms with E-state index >= 15 is 0 Å². The van der Waals surface area contributed by atoms with E-state index in [9.17, 15) is 0 Å². The SMILES string of the molecule is CC(=Nc1c(C(C)C)cccc1C(C)C)c1cccc(C(=N)CC2CCCCC2)n1.[Cl-].[Cl-].[Co+2]. The average Bonchev–Trinajstić information content (AvgIpc) is 2.74. The van der Waals surface area contributed by atoms with Gasteiger partial charge in [0.15, 0.2) is 0 Å². The molecule has 2 aromatic rings. The molecule has 0 amide bonds. The number of nitrogens with zero attached hydrogens (tertiary/aromatic N) is 2. The Morgan fingerprint density at radius 1 is 0.909 bits per heavy atom. The van der Waals surface area contributed by atoms with E-state index in [1.165, 1.54) is 43.2 Å². The third-order valence-corrected chi connectivity index (χ3v) is 6.27. The van der Waals surface area contributed by atoms with Crippen molar-refractivity contribution >= 4 is 17.1 Å². The van der Waals surface area contributed by atoms with Crippen LogP contribution in [0.15, 0.2) is 41.4 Å². The van der Waals surface area contributed by atoms with E-state index in [0.29, 0.717) is 23.5 Å². The number of nitrogens with one attached hydrogen (secondary N) is 1. The zero-order chi connectivity index (χ0) is 21.7. The van der Waals surface area contributed by atoms with Crippen molar-refractivity contribution in [3.63, 3.8) is 0 Å². The molecule has 1 fully saturated rings. The van der Waals surface area contributed by atoms with Crippen molar-refractivity contribution in [2.45, 2.75) is 85.0 Å². The van der Waals surface area contributed by atoms with Crippen LogP contribution in [0.5, 0.6) is 0 Å². The normalized spacial score (nSPS) is 14.3. The number of benzene rings is 1. The molecule has 1 aromatic carbocycles. The van der Waals surface area contributed by atoms with E-state index in [4.69, 9.17) is 15.4 Å². The number of para-hydroxylation sites is 1. The first-order valence-corrected chi connectivity index (χ1v) is 11.6. The molecule has 6 heteroatoms. The predicted octanol–water partition coefficient (Wildman–Crippen LogP) is 1.81. The molecular weight excluding hydrogens is 496 g/mol. The minimum absolute atomic E-state index is 0. The van der Waals surface area contributed by atoms with Gasteiger partial charge in [-0.1, -0.05) is 84.1 Å². The van der Waals surface area contributed by atoms with Gasteiger partial charge in [0, 0.05) is 0 Å². The standard InChI is InChI=1S/C27H37N3.2ClH.Co/c1-18(2)22-13-9-14-23(19(3)4)27(22)29-20(5)25-15-10-16-26(30-25)24(28)17-21-11-7-6-8-12-21;;;/h9-10,13-16,18-19,21,28H,6-8,11-12,17H2,1-5H3;2*1H;/q;;;+2/p-2. The van der Waals surface area contributed by atoms with Gasteiger partial charge >= 0.3 is 16.8 Å². The molecule has 1 aromatic heterocycles. The van der Waals surface area contributed by atoms with Gasteiger partial charge in [0.2, 0.25) is 0 Å². The Hall–Kier alpha value is -1.20. The van der Waals surface area contributed by atoms with Gasteiger partial charge < -0.3 is 30.2 Å². The van der Waals surface area contributed by atoms with Crippen molar-refractivity contribution in [2.75, 3.05) is 0 Å². The summed E-state index contributed by atoms with van der Waals surface area (Å²) in [6, 6.07) is 12.5. The molecule has 1 heterocycles. The van der Waals surface area contributed by atoms with Crippen LogP contribution in [0.1, 0.15) is 107 Å². The minimum Gasteiger partial charge on any atom is -1.00 e. The molecule has 1 radical (unpaired) electrons. The van der Waals surface area contributed by atoms with Gasteiger partial charge in [-0.2, -0.15) is 0 Å². The number of hydrogen-bond donors (Lipinski definition) is 1. The Morgan fingerprint density at radius 3 is 1.97 bits per heavy atom. The maximum Gasteiger partial charge on any atom is 2.00 e. The third-order valence-electron chi connectivity index (χ3n) is 6.27. The number of rotatable bonds is 7. The summed E-state index contributed by atoms with van der Waals surface area (Å²) in [7, 11) is 0. The molecule has 0 aliphatic heterocycles. The Labute approximate surface area is 223 Å². The molecule has 1 aliphatic carbocycles. The monoisotopic (exact) mass is 532 g/mol.